The fourth-order valence-electron chi connectivity index (χ4n) is 11.8. The molecule has 4 heterocycles. The van der Waals surface area contributed by atoms with Crippen molar-refractivity contribution in [2.45, 2.75) is 148 Å². The molecule has 2 unspecified atom stereocenters. The molecule has 6 aromatic rings. The molecule has 23 N–H and O–H groups in total. The van der Waals surface area contributed by atoms with Gasteiger partial charge in [-0.25, -0.2) is 35.4 Å². The van der Waals surface area contributed by atoms with Crippen molar-refractivity contribution in [1.29, 1.82) is 0 Å². The van der Waals surface area contributed by atoms with Gasteiger partial charge < -0.3 is 124 Å². The molecule has 0 aliphatic heterocycles. The maximum absolute atomic E-state index is 13.0. The van der Waals surface area contributed by atoms with E-state index in [0.29, 0.717) is 180 Å². The summed E-state index contributed by atoms with van der Waals surface area (Å²) in [5, 5.41) is 50.3. The molecule has 135 heavy (non-hydrogen) atoms. The van der Waals surface area contributed by atoms with E-state index in [1.54, 1.807) is 24.3 Å². The molecular formula is C84H126Cl2N25O23Pt+. The second-order valence-electron chi connectivity index (χ2n) is 29.7. The number of aliphatic carboxylic acids is 2. The van der Waals surface area contributed by atoms with Crippen molar-refractivity contribution in [2.24, 2.45) is 5.84 Å². The van der Waals surface area contributed by atoms with E-state index in [1.807, 2.05) is 10.3 Å². The summed E-state index contributed by atoms with van der Waals surface area (Å²) in [6.45, 7) is 11.2. The predicted molar refractivity (Wildman–Crippen MR) is 494 cm³/mol. The SMILES string of the molecule is CC(=O)CCC(=O)NCCCOCCOCCOCCCNC(=O)CCNCC[NH-].NNC(=O)CCCC(=O)NCCCOCCOCCOCCCN(CCC(=O)NCCCC(=O)CCC(NC(=O)c1ccc(NCc2cnc3c(=O)[nH]c(N)nc3n2)cc1)C(=O)O)CCC(=O)NCCNC(=O)CCC(NC(=O)c1ccc(NCc2cnc3c(=O)[nH]c(N)nc3n2)cc1)C(=O)O.[Cl][Pt+2][Cl]. The number of carboxylic acids is 2. The van der Waals surface area contributed by atoms with E-state index in [4.69, 9.17) is 70.3 Å². The Balaban J connectivity index is 0.000000975. The summed E-state index contributed by atoms with van der Waals surface area (Å²) >= 11 is -0.472. The number of rotatable bonds is 71. The number of hydrogen-bond donors (Lipinski definition) is 19. The first-order chi connectivity index (χ1) is 65.1. The van der Waals surface area contributed by atoms with Crippen LogP contribution in [0.4, 0.5) is 23.3 Å². The van der Waals surface area contributed by atoms with Crippen LogP contribution in [0, 0.1) is 0 Å². The maximum atomic E-state index is 13.0. The molecule has 0 bridgehead atoms. The fraction of sp³-hybridized carbons (Fsp3) is 0.560. The van der Waals surface area contributed by atoms with Crippen LogP contribution < -0.4 is 92.3 Å². The van der Waals surface area contributed by atoms with Gasteiger partial charge in [-0.3, -0.25) is 72.9 Å². The number of nitrogen functional groups attached to an aromatic ring is 2. The van der Waals surface area contributed by atoms with Gasteiger partial charge >= 0.3 is 47.3 Å². The van der Waals surface area contributed by atoms with Crippen molar-refractivity contribution in [1.82, 2.24) is 98.0 Å². The number of hydrogen-bond acceptors (Lipinski definition) is 34. The van der Waals surface area contributed by atoms with Crippen molar-refractivity contribution in [3.63, 3.8) is 0 Å². The Bertz CT molecular complexity index is 4530. The van der Waals surface area contributed by atoms with Crippen molar-refractivity contribution in [3.8, 4) is 0 Å². The second kappa shape index (κ2) is 71.0. The Morgan fingerprint density at radius 3 is 1.24 bits per heavy atom. The molecular weight excluding hydrogens is 1990 g/mol. The number of carbonyl (C=O) groups is 13. The number of hydrazine groups is 1. The van der Waals surface area contributed by atoms with Gasteiger partial charge in [0.1, 0.15) is 23.7 Å². The van der Waals surface area contributed by atoms with Crippen LogP contribution in [0.3, 0.4) is 0 Å². The number of fused-ring (bicyclic) bond motifs is 2. The van der Waals surface area contributed by atoms with Crippen LogP contribution in [0.25, 0.3) is 28.1 Å². The summed E-state index contributed by atoms with van der Waals surface area (Å²) in [5.41, 5.74) is 21.8. The minimum atomic E-state index is -1.40. The number of benzene rings is 2. The van der Waals surface area contributed by atoms with Gasteiger partial charge in [-0.1, -0.05) is 0 Å². The Kier molecular flexibility index (Phi) is 60.9. The zero-order valence-electron chi connectivity index (χ0n) is 75.4. The van der Waals surface area contributed by atoms with Gasteiger partial charge in [0.25, 0.3) is 22.9 Å². The molecule has 6 rings (SSSR count). The molecule has 2 aromatic carbocycles. The predicted octanol–water partition coefficient (Wildman–Crippen LogP) is 0.468. The molecule has 0 radical (unpaired) electrons. The van der Waals surface area contributed by atoms with E-state index in [9.17, 15) is 82.1 Å². The van der Waals surface area contributed by atoms with E-state index in [2.05, 4.69) is 98.4 Å². The molecule has 0 saturated carbocycles. The van der Waals surface area contributed by atoms with Crippen LogP contribution in [-0.4, -0.2) is 302 Å². The number of nitrogens with zero attached hydrogens (tertiary/aromatic N) is 7. The average molecular weight is 2120 g/mol. The van der Waals surface area contributed by atoms with E-state index in [0.717, 1.165) is 6.42 Å². The average Bonchev–Trinajstić information content (AvgIpc) is 0.813. The number of ether oxygens (including phenoxy) is 6. The number of aromatic amines is 2. The molecule has 0 fully saturated rings. The van der Waals surface area contributed by atoms with Gasteiger partial charge in [-0.05, 0) is 113 Å². The Hall–Kier alpha value is -11.5. The second-order valence-corrected chi connectivity index (χ2v) is 33.0. The summed E-state index contributed by atoms with van der Waals surface area (Å²) in [4.78, 5) is 214. The molecule has 0 spiro atoms. The Morgan fingerprint density at radius 2 is 0.815 bits per heavy atom. The van der Waals surface area contributed by atoms with Crippen molar-refractivity contribution in [2.75, 3.05) is 180 Å². The normalized spacial score (nSPS) is 11.4. The number of Topliss-reactive ketones (excluding diaryl/α,β-unsaturated/α-hetero) is 2. The zero-order chi connectivity index (χ0) is 98.6. The van der Waals surface area contributed by atoms with Crippen LogP contribution in [0.2, 0.25) is 0 Å². The van der Waals surface area contributed by atoms with E-state index >= 15 is 0 Å². The third-order valence-corrected chi connectivity index (χ3v) is 18.9. The number of nitrogens with two attached hydrogens (primary N) is 3. The van der Waals surface area contributed by atoms with Gasteiger partial charge in [-0.15, -0.1) is 6.54 Å². The van der Waals surface area contributed by atoms with Crippen LogP contribution in [0.5, 0.6) is 0 Å². The number of anilines is 4. The van der Waals surface area contributed by atoms with Crippen LogP contribution in [0.1, 0.15) is 155 Å². The van der Waals surface area contributed by atoms with Gasteiger partial charge in [0.2, 0.25) is 53.2 Å². The number of H-pyrrole nitrogens is 2. The number of amides is 9. The van der Waals surface area contributed by atoms with Crippen LogP contribution in [-0.2, 0) is 111 Å². The molecule has 48 nitrogen and oxygen atoms in total. The molecule has 748 valence electrons. The monoisotopic (exact) mass is 2120 g/mol. The number of aromatic nitrogens is 8. The minimum absolute atomic E-state index is 0.00572. The Labute approximate surface area is 795 Å². The molecule has 2 atom stereocenters. The Morgan fingerprint density at radius 1 is 0.437 bits per heavy atom. The quantitative estimate of drug-likeness (QED) is 0.0107. The van der Waals surface area contributed by atoms with Crippen molar-refractivity contribution >= 4 is 141 Å². The summed E-state index contributed by atoms with van der Waals surface area (Å²) in [5.74, 6) is -1.21. The molecule has 0 aliphatic carbocycles. The van der Waals surface area contributed by atoms with Gasteiger partial charge in [0.05, 0.1) is 89.7 Å². The zero-order valence-corrected chi connectivity index (χ0v) is 79.2. The summed E-state index contributed by atoms with van der Waals surface area (Å²) in [6.07, 6.45) is 6.70. The third kappa shape index (κ3) is 54.6. The molecule has 0 aliphatic rings. The number of nitrogens with one attached hydrogen (secondary N) is 15. The van der Waals surface area contributed by atoms with Gasteiger partial charge in [-0.2, -0.15) is 9.97 Å². The van der Waals surface area contributed by atoms with Crippen LogP contribution >= 0.6 is 18.8 Å². The molecule has 0 saturated heterocycles. The first-order valence-electron chi connectivity index (χ1n) is 43.9. The van der Waals surface area contributed by atoms with Crippen molar-refractivity contribution < 1.29 is 117 Å². The summed E-state index contributed by atoms with van der Waals surface area (Å²) < 4.78 is 33.1. The van der Waals surface area contributed by atoms with E-state index < -0.39 is 69.3 Å². The van der Waals surface area contributed by atoms with Crippen LogP contribution in [0.15, 0.2) is 70.5 Å². The number of carboxylic acid groups (broad SMARTS) is 2. The number of halogens is 2. The number of carbonyl (C=O) groups excluding carboxylic acids is 11. The topological polar surface area (TPSA) is 710 Å². The third-order valence-electron chi connectivity index (χ3n) is 18.9. The first kappa shape index (κ1) is 116. The summed E-state index contributed by atoms with van der Waals surface area (Å²) in [7, 11) is 9.75. The van der Waals surface area contributed by atoms with E-state index in [-0.39, 0.29) is 215 Å². The van der Waals surface area contributed by atoms with Gasteiger partial charge in [0, 0.05) is 179 Å². The summed E-state index contributed by atoms with van der Waals surface area (Å²) in [6, 6.07) is 9.57. The van der Waals surface area contributed by atoms with Gasteiger partial charge in [0.15, 0.2) is 22.3 Å². The molecule has 9 amide bonds. The first-order valence-corrected chi connectivity index (χ1v) is 49.5. The van der Waals surface area contributed by atoms with Crippen molar-refractivity contribution in [3.05, 3.63) is 110 Å². The standard InChI is InChI=1S/C64H87N21O17.C20H39N4O6.2ClH.Pt/c65-63-80-55-53(59(94)82-63)74-37-43(76-55)35-72-41-12-8-39(9-13-41)57(92)78-46(61(96)97)17-16-45(86)5-2-22-68-50(89)20-27-85(26-4-30-101-32-34-102-33-31-100-29-3-23-69-48(87)6-1-7-52(91)84-67)28-21-51(90)71-25-24-70-49(88)19-18-47(62(98)99)79-58(93)40-10-14-42(15-11-40)73-36-44-38-75-54-56(77-44)81-64(66)83-60(54)95;1-18(25)4-5-19(26)23-8-2-12-28-14-16-30-17-15-29-13-3-9-24-20(27)6-10-22-11-7-21;;;/h8-15,37-38,46-47,72-73H,1-7,16-36,67H2,(H,68,89)(H,69,87)(H,70,88)(H,71,90)(H,78,92)(H,79,93)(H,84,91)(H,96,97)(H,98,99)(H3,65,76,80,82,94)(H3,66,77,81,83,95);21-22H,2-17H2,1H3,(H,23,26)(H,24,27);2*1H;/q;-1;;;+4/p-2. The van der Waals surface area contributed by atoms with E-state index in [1.165, 1.54) is 43.6 Å². The number of ketones is 2. The molecule has 51 heteroatoms. The molecule has 4 aromatic heterocycles. The fourth-order valence-corrected chi connectivity index (χ4v) is 11.8.